The van der Waals surface area contributed by atoms with Crippen LogP contribution in [0, 0.1) is 17.0 Å². The number of non-ortho nitro benzene ring substituents is 1. The van der Waals surface area contributed by atoms with Gasteiger partial charge in [-0.3, -0.25) is 14.9 Å². The third-order valence-corrected chi connectivity index (χ3v) is 5.84. The molecule has 160 valence electrons. The fraction of sp³-hybridized carbons (Fsp3) is 0.211. The van der Waals surface area contributed by atoms with Crippen LogP contribution in [0.3, 0.4) is 0 Å². The number of aromatic nitrogens is 3. The van der Waals surface area contributed by atoms with E-state index >= 15 is 0 Å². The summed E-state index contributed by atoms with van der Waals surface area (Å²) in [6, 6.07) is 9.44. The van der Waals surface area contributed by atoms with E-state index in [2.05, 4.69) is 20.5 Å². The van der Waals surface area contributed by atoms with Crippen LogP contribution in [-0.4, -0.2) is 44.3 Å². The zero-order chi connectivity index (χ0) is 22.4. The predicted molar refractivity (Wildman–Crippen MR) is 116 cm³/mol. The molecule has 3 rings (SSSR count). The smallest absolute Gasteiger partial charge is 0.350 e. The Morgan fingerprint density at radius 3 is 2.55 bits per heavy atom. The molecule has 0 aliphatic heterocycles. The number of aryl methyl sites for hydroxylation is 1. The van der Waals surface area contributed by atoms with Crippen LogP contribution in [0.4, 0.5) is 10.8 Å². The van der Waals surface area contributed by atoms with Crippen LogP contribution >= 0.6 is 23.1 Å². The number of thiazole rings is 1. The highest BCUT2D eigenvalue weighted by Crippen LogP contribution is 2.25. The van der Waals surface area contributed by atoms with Crippen molar-refractivity contribution in [2.75, 3.05) is 17.7 Å². The van der Waals surface area contributed by atoms with Crippen molar-refractivity contribution in [3.8, 4) is 11.3 Å². The molecule has 1 N–H and O–H groups in total. The van der Waals surface area contributed by atoms with Gasteiger partial charge in [0.15, 0.2) is 5.13 Å². The molecule has 1 amide bonds. The second-order valence-electron chi connectivity index (χ2n) is 6.05. The molecule has 0 aliphatic rings. The molecule has 0 saturated heterocycles. The van der Waals surface area contributed by atoms with Crippen LogP contribution in [0.2, 0.25) is 0 Å². The number of esters is 1. The molecule has 0 unspecified atom stereocenters. The third-order valence-electron chi connectivity index (χ3n) is 3.87. The summed E-state index contributed by atoms with van der Waals surface area (Å²) in [5.41, 5.74) is 1.76. The number of hydrogen-bond acceptors (Lipinski definition) is 10. The number of amides is 1. The van der Waals surface area contributed by atoms with Gasteiger partial charge in [-0.15, -0.1) is 10.2 Å². The molecule has 0 spiro atoms. The van der Waals surface area contributed by atoms with Gasteiger partial charge in [0.25, 0.3) is 5.69 Å². The summed E-state index contributed by atoms with van der Waals surface area (Å²) >= 11 is 2.26. The number of ether oxygens (including phenoxy) is 1. The van der Waals surface area contributed by atoms with Crippen molar-refractivity contribution >= 4 is 45.8 Å². The summed E-state index contributed by atoms with van der Waals surface area (Å²) in [6.07, 6.45) is 0. The Morgan fingerprint density at radius 1 is 1.19 bits per heavy atom. The first-order chi connectivity index (χ1) is 14.9. The van der Waals surface area contributed by atoms with Crippen molar-refractivity contribution in [3.63, 3.8) is 0 Å². The summed E-state index contributed by atoms with van der Waals surface area (Å²) in [4.78, 5) is 38.8. The number of thioether (sulfide) groups is 1. The van der Waals surface area contributed by atoms with Crippen molar-refractivity contribution in [2.24, 2.45) is 0 Å². The number of nitrogens with zero attached hydrogens (tertiary/aromatic N) is 4. The monoisotopic (exact) mass is 459 g/mol. The molecule has 31 heavy (non-hydrogen) atoms. The maximum absolute atomic E-state index is 12.2. The van der Waals surface area contributed by atoms with E-state index in [1.165, 1.54) is 23.9 Å². The second kappa shape index (κ2) is 10.1. The molecular weight excluding hydrogens is 442 g/mol. The average Bonchev–Trinajstić information content (AvgIpc) is 3.13. The molecule has 0 bridgehead atoms. The first kappa shape index (κ1) is 22.3. The van der Waals surface area contributed by atoms with Crippen LogP contribution in [0.15, 0.2) is 41.4 Å². The van der Waals surface area contributed by atoms with Crippen LogP contribution in [0.25, 0.3) is 11.3 Å². The molecule has 10 nitrogen and oxygen atoms in total. The number of carbonyl (C=O) groups is 2. The lowest BCUT2D eigenvalue weighted by molar-refractivity contribution is -0.384. The fourth-order valence-electron chi connectivity index (χ4n) is 2.44. The number of rotatable bonds is 8. The van der Waals surface area contributed by atoms with E-state index in [1.54, 1.807) is 38.1 Å². The minimum Gasteiger partial charge on any atom is -0.462 e. The Bertz CT molecular complexity index is 1100. The van der Waals surface area contributed by atoms with Crippen molar-refractivity contribution in [1.82, 2.24) is 15.2 Å². The van der Waals surface area contributed by atoms with Crippen LogP contribution in [0.5, 0.6) is 0 Å². The highest BCUT2D eigenvalue weighted by atomic mass is 32.2. The highest BCUT2D eigenvalue weighted by Gasteiger charge is 2.17. The molecule has 0 radical (unpaired) electrons. The van der Waals surface area contributed by atoms with Gasteiger partial charge >= 0.3 is 5.97 Å². The Labute approximate surface area is 185 Å². The molecule has 12 heteroatoms. The molecule has 0 saturated carbocycles. The lowest BCUT2D eigenvalue weighted by atomic mass is 10.1. The Kier molecular flexibility index (Phi) is 7.26. The number of anilines is 1. The van der Waals surface area contributed by atoms with Gasteiger partial charge in [-0.2, -0.15) is 0 Å². The SMILES string of the molecule is CCOC(=O)c1sc(NC(=O)CSc2ccc(-c3ccc([N+](=O)[O-])cc3)nn2)nc1C. The second-order valence-corrected chi connectivity index (χ2v) is 8.05. The number of carbonyl (C=O) groups excluding carboxylic acids is 2. The quantitative estimate of drug-likeness (QED) is 0.231. The van der Waals surface area contributed by atoms with Crippen LogP contribution in [0.1, 0.15) is 22.3 Å². The first-order valence-electron chi connectivity index (χ1n) is 9.03. The molecular formula is C19H17N5O5S2. The lowest BCUT2D eigenvalue weighted by Crippen LogP contribution is -2.14. The molecule has 0 fully saturated rings. The summed E-state index contributed by atoms with van der Waals surface area (Å²) in [5, 5.41) is 22.4. The number of nitrogens with one attached hydrogen (secondary N) is 1. The normalized spacial score (nSPS) is 10.5. The van der Waals surface area contributed by atoms with E-state index in [0.29, 0.717) is 32.0 Å². The van der Waals surface area contributed by atoms with Gasteiger partial charge in [0.2, 0.25) is 5.91 Å². The Morgan fingerprint density at radius 2 is 1.94 bits per heavy atom. The summed E-state index contributed by atoms with van der Waals surface area (Å²) in [6.45, 7) is 3.66. The minimum atomic E-state index is -0.467. The highest BCUT2D eigenvalue weighted by molar-refractivity contribution is 7.99. The molecule has 3 aromatic rings. The molecule has 1 aromatic carbocycles. The van der Waals surface area contributed by atoms with Gasteiger partial charge in [-0.25, -0.2) is 9.78 Å². The Hall–Kier alpha value is -3.38. The number of nitro benzene ring substituents is 1. The standard InChI is InChI=1S/C19H17N5O5S2/c1-3-29-18(26)17-11(2)20-19(31-17)21-15(25)10-30-16-9-8-14(22-23-16)12-4-6-13(7-5-12)24(27)28/h4-9H,3,10H2,1-2H3,(H,20,21,25). The fourth-order valence-corrected chi connectivity index (χ4v) is 3.93. The van der Waals surface area contributed by atoms with Gasteiger partial charge in [-0.1, -0.05) is 23.1 Å². The number of hydrogen-bond donors (Lipinski definition) is 1. The third kappa shape index (κ3) is 5.83. The van der Waals surface area contributed by atoms with Gasteiger partial charge in [-0.05, 0) is 38.1 Å². The summed E-state index contributed by atoms with van der Waals surface area (Å²) < 4.78 is 4.96. The molecule has 0 aliphatic carbocycles. The van der Waals surface area contributed by atoms with Gasteiger partial charge in [0.05, 0.1) is 28.7 Å². The topological polar surface area (TPSA) is 137 Å². The minimum absolute atomic E-state index is 0.000280. The summed E-state index contributed by atoms with van der Waals surface area (Å²) in [7, 11) is 0. The zero-order valence-corrected chi connectivity index (χ0v) is 18.2. The predicted octanol–water partition coefficient (Wildman–Crippen LogP) is 3.72. The van der Waals surface area contributed by atoms with E-state index in [4.69, 9.17) is 4.74 Å². The van der Waals surface area contributed by atoms with Crippen molar-refractivity contribution in [2.45, 2.75) is 18.9 Å². The number of nitro groups is 1. The maximum Gasteiger partial charge on any atom is 0.350 e. The Balaban J connectivity index is 1.55. The molecule has 2 heterocycles. The van der Waals surface area contributed by atoms with Crippen LogP contribution < -0.4 is 5.32 Å². The van der Waals surface area contributed by atoms with Crippen molar-refractivity contribution in [1.29, 1.82) is 0 Å². The lowest BCUT2D eigenvalue weighted by Gasteiger charge is -2.03. The van der Waals surface area contributed by atoms with Crippen molar-refractivity contribution in [3.05, 3.63) is 57.1 Å². The zero-order valence-electron chi connectivity index (χ0n) is 16.5. The van der Waals surface area contributed by atoms with Gasteiger partial charge in [0, 0.05) is 17.7 Å². The largest absolute Gasteiger partial charge is 0.462 e. The summed E-state index contributed by atoms with van der Waals surface area (Å²) in [5.74, 6) is -0.676. The number of benzene rings is 1. The van der Waals surface area contributed by atoms with Gasteiger partial charge in [0.1, 0.15) is 9.90 Å². The van der Waals surface area contributed by atoms with E-state index in [0.717, 1.165) is 11.3 Å². The molecule has 2 aromatic heterocycles. The van der Waals surface area contributed by atoms with E-state index < -0.39 is 10.9 Å². The average molecular weight is 460 g/mol. The van der Waals surface area contributed by atoms with Crippen molar-refractivity contribution < 1.29 is 19.2 Å². The van der Waals surface area contributed by atoms with E-state index in [-0.39, 0.29) is 24.0 Å². The first-order valence-corrected chi connectivity index (χ1v) is 10.8. The van der Waals surface area contributed by atoms with E-state index in [1.807, 2.05) is 0 Å². The van der Waals surface area contributed by atoms with Crippen LogP contribution in [-0.2, 0) is 9.53 Å². The molecule has 0 atom stereocenters. The van der Waals surface area contributed by atoms with Gasteiger partial charge < -0.3 is 10.1 Å². The maximum atomic E-state index is 12.2. The van der Waals surface area contributed by atoms with E-state index in [9.17, 15) is 19.7 Å².